The minimum Gasteiger partial charge on any atom is -0.458 e. The van der Waals surface area contributed by atoms with E-state index in [0.717, 1.165) is 36.8 Å². The van der Waals surface area contributed by atoms with Crippen molar-refractivity contribution in [2.24, 2.45) is 0 Å². The van der Waals surface area contributed by atoms with E-state index >= 15 is 0 Å². The third kappa shape index (κ3) is 8.21. The molecule has 0 aromatic heterocycles. The standard InChI is InChI=1S/C30H30O4/c1-3-29(31)33-21-27-17-13-25(14-18-27)11-9-23-5-7-24(8-6-23)10-12-26-15-19-28(20-16-26)22-34-30(32)4-2/h3-8,13-20H,1-2,9-12,21-22H2. The molecule has 3 aromatic carbocycles. The van der Waals surface area contributed by atoms with Crippen molar-refractivity contribution >= 4 is 11.9 Å². The molecule has 0 radical (unpaired) electrons. The van der Waals surface area contributed by atoms with E-state index < -0.39 is 11.9 Å². The lowest BCUT2D eigenvalue weighted by molar-refractivity contribution is -0.139. The fourth-order valence-electron chi connectivity index (χ4n) is 3.48. The SMILES string of the molecule is C=CC(=O)OCc1ccc(CCc2ccc(CCc3ccc(COC(=O)C=C)cc3)cc2)cc1. The van der Waals surface area contributed by atoms with Crippen molar-refractivity contribution in [1.82, 2.24) is 0 Å². The van der Waals surface area contributed by atoms with Crippen LogP contribution in [-0.4, -0.2) is 11.9 Å². The van der Waals surface area contributed by atoms with Crippen LogP contribution in [0.5, 0.6) is 0 Å². The number of esters is 2. The average Bonchev–Trinajstić information content (AvgIpc) is 2.89. The van der Waals surface area contributed by atoms with Gasteiger partial charge in [0.15, 0.2) is 0 Å². The van der Waals surface area contributed by atoms with E-state index in [1.807, 2.05) is 24.3 Å². The van der Waals surface area contributed by atoms with E-state index in [4.69, 9.17) is 9.47 Å². The molecule has 3 rings (SSSR count). The number of carbonyl (C=O) groups excluding carboxylic acids is 2. The molecule has 174 valence electrons. The second-order valence-corrected chi connectivity index (χ2v) is 8.07. The van der Waals surface area contributed by atoms with Crippen LogP contribution in [0.1, 0.15) is 33.4 Å². The molecule has 0 aliphatic carbocycles. The molecule has 34 heavy (non-hydrogen) atoms. The van der Waals surface area contributed by atoms with Gasteiger partial charge >= 0.3 is 11.9 Å². The van der Waals surface area contributed by atoms with Gasteiger partial charge in [-0.25, -0.2) is 9.59 Å². The van der Waals surface area contributed by atoms with Crippen LogP contribution in [-0.2, 0) is 58.0 Å². The number of ether oxygens (including phenoxy) is 2. The Bertz CT molecular complexity index is 1000. The molecule has 0 N–H and O–H groups in total. The molecule has 0 aliphatic heterocycles. The maximum atomic E-state index is 11.2. The second-order valence-electron chi connectivity index (χ2n) is 8.07. The maximum absolute atomic E-state index is 11.2. The summed E-state index contributed by atoms with van der Waals surface area (Å²) in [6.45, 7) is 7.32. The smallest absolute Gasteiger partial charge is 0.330 e. The highest BCUT2D eigenvalue weighted by atomic mass is 16.5. The minimum absolute atomic E-state index is 0.266. The quantitative estimate of drug-likeness (QED) is 0.260. The number of carbonyl (C=O) groups is 2. The lowest BCUT2D eigenvalue weighted by atomic mass is 9.99. The summed E-state index contributed by atoms with van der Waals surface area (Å²) in [4.78, 5) is 22.3. The fourth-order valence-corrected chi connectivity index (χ4v) is 3.48. The Balaban J connectivity index is 1.41. The molecule has 0 aliphatic rings. The van der Waals surface area contributed by atoms with E-state index in [9.17, 15) is 9.59 Å². The highest BCUT2D eigenvalue weighted by Crippen LogP contribution is 2.14. The van der Waals surface area contributed by atoms with Gasteiger partial charge < -0.3 is 9.47 Å². The summed E-state index contributed by atoms with van der Waals surface area (Å²) in [6, 6.07) is 25.1. The first-order valence-corrected chi connectivity index (χ1v) is 11.4. The van der Waals surface area contributed by atoms with Gasteiger partial charge in [0.05, 0.1) is 0 Å². The Kier molecular flexibility index (Phi) is 9.41. The molecular formula is C30H30O4. The van der Waals surface area contributed by atoms with E-state index in [2.05, 4.69) is 61.7 Å². The van der Waals surface area contributed by atoms with Gasteiger partial charge in [0.2, 0.25) is 0 Å². The van der Waals surface area contributed by atoms with E-state index in [1.54, 1.807) is 0 Å². The topological polar surface area (TPSA) is 52.6 Å². The molecule has 0 amide bonds. The number of hydrogen-bond acceptors (Lipinski definition) is 4. The van der Waals surface area contributed by atoms with Gasteiger partial charge in [0, 0.05) is 12.2 Å². The van der Waals surface area contributed by atoms with Crippen molar-refractivity contribution in [3.05, 3.63) is 131 Å². The minimum atomic E-state index is -0.408. The zero-order valence-corrected chi connectivity index (χ0v) is 19.4. The molecule has 3 aromatic rings. The summed E-state index contributed by atoms with van der Waals surface area (Å²) < 4.78 is 10.1. The largest absolute Gasteiger partial charge is 0.458 e. The zero-order chi connectivity index (χ0) is 24.2. The monoisotopic (exact) mass is 454 g/mol. The first-order chi connectivity index (χ1) is 16.6. The van der Waals surface area contributed by atoms with Gasteiger partial charge in [0.25, 0.3) is 0 Å². The van der Waals surface area contributed by atoms with Gasteiger partial charge in [-0.15, -0.1) is 0 Å². The predicted molar refractivity (Wildman–Crippen MR) is 134 cm³/mol. The first-order valence-electron chi connectivity index (χ1n) is 11.4. The molecule has 0 saturated heterocycles. The van der Waals surface area contributed by atoms with Gasteiger partial charge in [-0.3, -0.25) is 0 Å². The van der Waals surface area contributed by atoms with Crippen molar-refractivity contribution in [2.45, 2.75) is 38.9 Å². The third-order valence-electron chi connectivity index (χ3n) is 5.57. The fraction of sp³-hybridized carbons (Fsp3) is 0.200. The normalized spacial score (nSPS) is 10.4. The molecule has 0 saturated carbocycles. The second kappa shape index (κ2) is 12.9. The van der Waals surface area contributed by atoms with E-state index in [-0.39, 0.29) is 13.2 Å². The summed E-state index contributed by atoms with van der Waals surface area (Å²) in [5, 5.41) is 0. The van der Waals surface area contributed by atoms with Crippen molar-refractivity contribution in [1.29, 1.82) is 0 Å². The number of benzene rings is 3. The summed E-state index contributed by atoms with van der Waals surface area (Å²) in [5.41, 5.74) is 7.07. The molecule has 0 fully saturated rings. The van der Waals surface area contributed by atoms with Crippen LogP contribution in [0.15, 0.2) is 98.1 Å². The van der Waals surface area contributed by atoms with E-state index in [1.165, 1.54) is 34.4 Å². The Labute approximate surface area is 201 Å². The average molecular weight is 455 g/mol. The van der Waals surface area contributed by atoms with Crippen LogP contribution in [0.4, 0.5) is 0 Å². The van der Waals surface area contributed by atoms with Crippen molar-refractivity contribution < 1.29 is 19.1 Å². The van der Waals surface area contributed by atoms with Crippen molar-refractivity contribution in [3.8, 4) is 0 Å². The third-order valence-corrected chi connectivity index (χ3v) is 5.57. The molecule has 0 unspecified atom stereocenters. The molecule has 4 heteroatoms. The summed E-state index contributed by atoms with van der Waals surface area (Å²) in [7, 11) is 0. The molecule has 0 heterocycles. The number of hydrogen-bond donors (Lipinski definition) is 0. The maximum Gasteiger partial charge on any atom is 0.330 e. The number of aryl methyl sites for hydroxylation is 4. The van der Waals surface area contributed by atoms with Gasteiger partial charge in [-0.2, -0.15) is 0 Å². The van der Waals surface area contributed by atoms with Crippen LogP contribution < -0.4 is 0 Å². The Morgan fingerprint density at radius 2 is 0.735 bits per heavy atom. The highest BCUT2D eigenvalue weighted by molar-refractivity contribution is 5.81. The van der Waals surface area contributed by atoms with Gasteiger partial charge in [0.1, 0.15) is 13.2 Å². The van der Waals surface area contributed by atoms with E-state index in [0.29, 0.717) is 0 Å². The lowest BCUT2D eigenvalue weighted by Gasteiger charge is -2.07. The highest BCUT2D eigenvalue weighted by Gasteiger charge is 2.02. The van der Waals surface area contributed by atoms with Crippen LogP contribution >= 0.6 is 0 Å². The van der Waals surface area contributed by atoms with Crippen molar-refractivity contribution in [3.63, 3.8) is 0 Å². The summed E-state index contributed by atoms with van der Waals surface area (Å²) >= 11 is 0. The predicted octanol–water partition coefficient (Wildman–Crippen LogP) is 5.72. The van der Waals surface area contributed by atoms with Crippen LogP contribution in [0.25, 0.3) is 0 Å². The molecule has 0 atom stereocenters. The van der Waals surface area contributed by atoms with Crippen LogP contribution in [0.2, 0.25) is 0 Å². The van der Waals surface area contributed by atoms with Crippen molar-refractivity contribution in [2.75, 3.05) is 0 Å². The van der Waals surface area contributed by atoms with Crippen LogP contribution in [0, 0.1) is 0 Å². The summed E-state index contributed by atoms with van der Waals surface area (Å²) in [6.07, 6.45) is 6.21. The Hall–Kier alpha value is -3.92. The first kappa shape index (κ1) is 24.7. The lowest BCUT2D eigenvalue weighted by Crippen LogP contribution is -2.00. The molecule has 0 bridgehead atoms. The van der Waals surface area contributed by atoms with Gasteiger partial charge in [-0.1, -0.05) is 86.0 Å². The number of rotatable bonds is 12. The Morgan fingerprint density at radius 1 is 0.500 bits per heavy atom. The molecular weight excluding hydrogens is 424 g/mol. The Morgan fingerprint density at radius 3 is 0.971 bits per heavy atom. The summed E-state index contributed by atoms with van der Waals surface area (Å²) in [5.74, 6) is -0.816. The van der Waals surface area contributed by atoms with Crippen LogP contribution in [0.3, 0.4) is 0 Å². The molecule has 4 nitrogen and oxygen atoms in total. The zero-order valence-electron chi connectivity index (χ0n) is 19.4. The molecule has 0 spiro atoms. The van der Waals surface area contributed by atoms with Gasteiger partial charge in [-0.05, 0) is 59.1 Å².